The van der Waals surface area contributed by atoms with Crippen LogP contribution in [0.15, 0.2) is 79.0 Å². The number of benzene rings is 3. The summed E-state index contributed by atoms with van der Waals surface area (Å²) in [6, 6.07) is 15.3. The van der Waals surface area contributed by atoms with Gasteiger partial charge in [-0.15, -0.1) is 0 Å². The first kappa shape index (κ1) is 35.3. The van der Waals surface area contributed by atoms with Crippen molar-refractivity contribution in [3.63, 3.8) is 0 Å². The SMILES string of the molecule is CC(=O)N(C(=O)[C@@H](N)Cc1ccc(Cl)cc1)[C@@H](Cc1ccc(Cl)cc1)C(=O)N[C@H](Cc1c[nH]c2ccccc12)C(=O)N[C@H]([C]=O)CO. The van der Waals surface area contributed by atoms with E-state index in [1.54, 1.807) is 61.0 Å². The maximum Gasteiger partial charge on any atom is 0.247 e. The van der Waals surface area contributed by atoms with Crippen LogP contribution in [0.3, 0.4) is 0 Å². The Hall–Kier alpha value is -4.55. The Balaban J connectivity index is 1.68. The number of aromatic nitrogens is 1. The van der Waals surface area contributed by atoms with Gasteiger partial charge in [-0.2, -0.15) is 0 Å². The third-order valence-corrected chi connectivity index (χ3v) is 8.10. The minimum absolute atomic E-state index is 0.0314. The highest BCUT2D eigenvalue weighted by Gasteiger charge is 2.37. The van der Waals surface area contributed by atoms with Crippen molar-refractivity contribution < 1.29 is 29.1 Å². The van der Waals surface area contributed by atoms with Crippen molar-refractivity contribution in [2.45, 2.75) is 50.4 Å². The zero-order valence-corrected chi connectivity index (χ0v) is 26.9. The Morgan fingerprint density at radius 1 is 0.872 bits per heavy atom. The highest BCUT2D eigenvalue weighted by Crippen LogP contribution is 2.21. The summed E-state index contributed by atoms with van der Waals surface area (Å²) in [6.45, 7) is 0.442. The zero-order chi connectivity index (χ0) is 34.1. The van der Waals surface area contributed by atoms with E-state index < -0.39 is 54.4 Å². The third kappa shape index (κ3) is 9.26. The number of imide groups is 1. The van der Waals surface area contributed by atoms with Gasteiger partial charge >= 0.3 is 0 Å². The van der Waals surface area contributed by atoms with Crippen molar-refractivity contribution in [1.29, 1.82) is 0 Å². The topological polar surface area (TPSA) is 175 Å². The van der Waals surface area contributed by atoms with E-state index in [-0.39, 0.29) is 19.3 Å². The molecule has 0 saturated carbocycles. The summed E-state index contributed by atoms with van der Waals surface area (Å²) in [5.41, 5.74) is 9.05. The Morgan fingerprint density at radius 2 is 1.47 bits per heavy atom. The lowest BCUT2D eigenvalue weighted by molar-refractivity contribution is -0.152. The summed E-state index contributed by atoms with van der Waals surface area (Å²) >= 11 is 12.0. The summed E-state index contributed by atoms with van der Waals surface area (Å²) in [6.07, 6.45) is 3.15. The first-order valence-corrected chi connectivity index (χ1v) is 15.5. The number of fused-ring (bicyclic) bond motifs is 1. The van der Waals surface area contributed by atoms with Gasteiger partial charge in [0.05, 0.1) is 12.6 Å². The number of nitrogens with one attached hydrogen (secondary N) is 3. The number of carbonyl (C=O) groups excluding carboxylic acids is 5. The minimum atomic E-state index is -1.43. The van der Waals surface area contributed by atoms with Gasteiger partial charge in [-0.3, -0.25) is 28.9 Å². The highest BCUT2D eigenvalue weighted by atomic mass is 35.5. The smallest absolute Gasteiger partial charge is 0.247 e. The van der Waals surface area contributed by atoms with Crippen LogP contribution < -0.4 is 16.4 Å². The Morgan fingerprint density at radius 3 is 2.04 bits per heavy atom. The fourth-order valence-corrected chi connectivity index (χ4v) is 5.45. The molecule has 0 spiro atoms. The van der Waals surface area contributed by atoms with E-state index in [2.05, 4.69) is 15.6 Å². The largest absolute Gasteiger partial charge is 0.394 e. The van der Waals surface area contributed by atoms with Crippen LogP contribution in [0.4, 0.5) is 0 Å². The second-order valence-corrected chi connectivity index (χ2v) is 11.9. The summed E-state index contributed by atoms with van der Waals surface area (Å²) in [4.78, 5) is 69.7. The lowest BCUT2D eigenvalue weighted by Gasteiger charge is -2.32. The minimum Gasteiger partial charge on any atom is -0.394 e. The fraction of sp³-hybridized carbons (Fsp3) is 0.265. The molecule has 3 aromatic carbocycles. The Kier molecular flexibility index (Phi) is 12.3. The second kappa shape index (κ2) is 16.3. The molecule has 4 amide bonds. The molecule has 0 saturated heterocycles. The molecule has 0 aliphatic carbocycles. The summed E-state index contributed by atoms with van der Waals surface area (Å²) in [5, 5.41) is 16.3. The van der Waals surface area contributed by atoms with Gasteiger partial charge in [0.1, 0.15) is 18.1 Å². The highest BCUT2D eigenvalue weighted by molar-refractivity contribution is 6.30. The average Bonchev–Trinajstić information content (AvgIpc) is 3.47. The van der Waals surface area contributed by atoms with E-state index >= 15 is 0 Å². The molecule has 13 heteroatoms. The van der Waals surface area contributed by atoms with Crippen molar-refractivity contribution in [2.75, 3.05) is 6.61 Å². The molecule has 4 atom stereocenters. The number of hydrogen-bond donors (Lipinski definition) is 5. The van der Waals surface area contributed by atoms with Gasteiger partial charge in [-0.05, 0) is 53.4 Å². The first-order chi connectivity index (χ1) is 22.5. The lowest BCUT2D eigenvalue weighted by Crippen LogP contribution is -2.60. The molecule has 6 N–H and O–H groups in total. The van der Waals surface area contributed by atoms with Gasteiger partial charge in [0.25, 0.3) is 0 Å². The van der Waals surface area contributed by atoms with Crippen molar-refractivity contribution >= 4 is 64.0 Å². The Bertz CT molecular complexity index is 1730. The molecule has 1 heterocycles. The van der Waals surface area contributed by atoms with Crippen LogP contribution in [-0.4, -0.2) is 75.7 Å². The van der Waals surface area contributed by atoms with Crippen LogP contribution in [-0.2, 0) is 43.2 Å². The molecule has 1 aromatic heterocycles. The molecule has 0 fully saturated rings. The van der Waals surface area contributed by atoms with E-state index in [0.717, 1.165) is 22.7 Å². The standard InChI is InChI=1S/C34H34Cl2N5O6/c1-20(44)41(34(47)28(37)14-21-6-10-24(35)11-7-21)31(15-22-8-12-25(36)13-9-22)33(46)40-30(32(45)39-26(18-42)19-43)16-23-17-38-29-5-3-2-4-27(23)29/h2-13,17,26,28,30-31,38,42H,14-16,18,37H2,1H3,(H,39,45)(H,40,46)/t26-,28-,30+,31-/m0/s1. The van der Waals surface area contributed by atoms with Gasteiger partial charge in [0.15, 0.2) is 0 Å². The quantitative estimate of drug-likeness (QED) is 0.136. The van der Waals surface area contributed by atoms with Gasteiger partial charge in [0, 0.05) is 46.9 Å². The van der Waals surface area contributed by atoms with E-state index in [1.165, 1.54) is 0 Å². The molecule has 245 valence electrons. The fourth-order valence-electron chi connectivity index (χ4n) is 5.20. The molecule has 0 unspecified atom stereocenters. The molecule has 47 heavy (non-hydrogen) atoms. The lowest BCUT2D eigenvalue weighted by atomic mass is 9.99. The normalized spacial score (nSPS) is 13.6. The van der Waals surface area contributed by atoms with Gasteiger partial charge in [-0.25, -0.2) is 0 Å². The molecule has 0 aliphatic rings. The monoisotopic (exact) mass is 678 g/mol. The predicted octanol–water partition coefficient (Wildman–Crippen LogP) is 2.65. The molecule has 4 rings (SSSR count). The van der Waals surface area contributed by atoms with Gasteiger partial charge < -0.3 is 26.5 Å². The van der Waals surface area contributed by atoms with Crippen LogP contribution in [0.1, 0.15) is 23.6 Å². The zero-order valence-electron chi connectivity index (χ0n) is 25.4. The van der Waals surface area contributed by atoms with Crippen molar-refractivity contribution in [3.8, 4) is 0 Å². The molecular formula is C34H34Cl2N5O6. The number of hydrogen-bond acceptors (Lipinski definition) is 7. The predicted molar refractivity (Wildman–Crippen MR) is 178 cm³/mol. The molecular weight excluding hydrogens is 645 g/mol. The average molecular weight is 680 g/mol. The van der Waals surface area contributed by atoms with Crippen LogP contribution >= 0.6 is 23.2 Å². The van der Waals surface area contributed by atoms with Crippen LogP contribution in [0.5, 0.6) is 0 Å². The van der Waals surface area contributed by atoms with E-state index in [4.69, 9.17) is 28.9 Å². The maximum absolute atomic E-state index is 14.2. The van der Waals surface area contributed by atoms with Crippen molar-refractivity contribution in [1.82, 2.24) is 20.5 Å². The number of nitrogens with zero attached hydrogens (tertiary/aromatic N) is 1. The van der Waals surface area contributed by atoms with Crippen LogP contribution in [0.25, 0.3) is 10.9 Å². The third-order valence-electron chi connectivity index (χ3n) is 7.59. The summed E-state index contributed by atoms with van der Waals surface area (Å²) in [7, 11) is 0. The molecule has 11 nitrogen and oxygen atoms in total. The van der Waals surface area contributed by atoms with Gasteiger partial charge in [-0.1, -0.05) is 65.7 Å². The van der Waals surface area contributed by atoms with E-state index in [9.17, 15) is 29.1 Å². The number of aliphatic hydroxyl groups is 1. The Labute approximate surface area is 281 Å². The number of halogens is 2. The van der Waals surface area contributed by atoms with Gasteiger partial charge in [0.2, 0.25) is 29.9 Å². The first-order valence-electron chi connectivity index (χ1n) is 14.7. The second-order valence-electron chi connectivity index (χ2n) is 11.0. The number of H-pyrrole nitrogens is 1. The van der Waals surface area contributed by atoms with E-state index in [1.807, 2.05) is 24.3 Å². The maximum atomic E-state index is 14.2. The number of nitrogens with two attached hydrogens (primary N) is 1. The molecule has 1 radical (unpaired) electrons. The molecule has 0 aliphatic heterocycles. The molecule has 0 bridgehead atoms. The number of carbonyl (C=O) groups is 4. The number of aromatic amines is 1. The number of aliphatic hydroxyl groups excluding tert-OH is 1. The van der Waals surface area contributed by atoms with Crippen LogP contribution in [0, 0.1) is 0 Å². The molecule has 4 aromatic rings. The van der Waals surface area contributed by atoms with Crippen LogP contribution in [0.2, 0.25) is 10.0 Å². The number of amides is 4. The summed E-state index contributed by atoms with van der Waals surface area (Å²) < 4.78 is 0. The van der Waals surface area contributed by atoms with E-state index in [0.29, 0.717) is 26.7 Å². The van der Waals surface area contributed by atoms with Crippen molar-refractivity contribution in [3.05, 3.63) is 106 Å². The summed E-state index contributed by atoms with van der Waals surface area (Å²) in [5.74, 6) is -3.13. The number of rotatable bonds is 14. The number of para-hydroxylation sites is 1. The van der Waals surface area contributed by atoms with Crippen molar-refractivity contribution in [2.24, 2.45) is 5.73 Å².